The van der Waals surface area contributed by atoms with Gasteiger partial charge >= 0.3 is 5.97 Å². The molecule has 0 aliphatic heterocycles. The van der Waals surface area contributed by atoms with Crippen molar-refractivity contribution in [3.63, 3.8) is 0 Å². The molecule has 6 heteroatoms. The van der Waals surface area contributed by atoms with Crippen LogP contribution in [0.5, 0.6) is 0 Å². The normalized spacial score (nSPS) is 13.3. The fraction of sp³-hybridized carbons (Fsp3) is 0.533. The van der Waals surface area contributed by atoms with Crippen molar-refractivity contribution in [2.75, 3.05) is 0 Å². The molecule has 0 fully saturated rings. The summed E-state index contributed by atoms with van der Waals surface area (Å²) < 4.78 is 27.0. The molecule has 0 aromatic heterocycles. The van der Waals surface area contributed by atoms with E-state index in [9.17, 15) is 13.2 Å². The molecule has 0 amide bonds. The Hall–Kier alpha value is -1.40. The van der Waals surface area contributed by atoms with Gasteiger partial charge in [-0.1, -0.05) is 38.8 Å². The number of rotatable bonds is 8. The van der Waals surface area contributed by atoms with E-state index in [0.29, 0.717) is 11.5 Å². The summed E-state index contributed by atoms with van der Waals surface area (Å²) in [7, 11) is -3.43. The third-order valence-corrected chi connectivity index (χ3v) is 5.12. The molecule has 2 N–H and O–H groups in total. The van der Waals surface area contributed by atoms with E-state index in [2.05, 4.69) is 4.72 Å². The van der Waals surface area contributed by atoms with E-state index in [1.807, 2.05) is 20.8 Å². The molecule has 1 aromatic rings. The van der Waals surface area contributed by atoms with E-state index in [1.54, 1.807) is 0 Å². The second-order valence-corrected chi connectivity index (χ2v) is 7.00. The minimum atomic E-state index is -3.43. The van der Waals surface area contributed by atoms with Gasteiger partial charge in [-0.05, 0) is 30.5 Å². The van der Waals surface area contributed by atoms with Crippen molar-refractivity contribution < 1.29 is 18.3 Å². The first-order chi connectivity index (χ1) is 9.79. The lowest BCUT2D eigenvalue weighted by Gasteiger charge is -2.22. The van der Waals surface area contributed by atoms with Gasteiger partial charge in [0.05, 0.1) is 11.3 Å². The van der Waals surface area contributed by atoms with Gasteiger partial charge < -0.3 is 5.11 Å². The van der Waals surface area contributed by atoms with Crippen molar-refractivity contribution in [3.8, 4) is 0 Å². The van der Waals surface area contributed by atoms with Crippen molar-refractivity contribution in [2.45, 2.75) is 45.4 Å². The van der Waals surface area contributed by atoms with Crippen LogP contribution in [0, 0.1) is 5.92 Å². The molecule has 0 radical (unpaired) electrons. The number of carboxylic acid groups (broad SMARTS) is 1. The monoisotopic (exact) mass is 313 g/mol. The van der Waals surface area contributed by atoms with Crippen LogP contribution in [0.4, 0.5) is 0 Å². The summed E-state index contributed by atoms with van der Waals surface area (Å²) in [6, 6.07) is 5.78. The Morgan fingerprint density at radius 3 is 2.14 bits per heavy atom. The average Bonchev–Trinajstić information content (AvgIpc) is 2.39. The molecule has 21 heavy (non-hydrogen) atoms. The van der Waals surface area contributed by atoms with Gasteiger partial charge in [-0.2, -0.15) is 0 Å². The lowest BCUT2D eigenvalue weighted by atomic mass is 9.96. The fourth-order valence-electron chi connectivity index (χ4n) is 2.38. The van der Waals surface area contributed by atoms with Crippen molar-refractivity contribution >= 4 is 16.0 Å². The first kappa shape index (κ1) is 17.7. The van der Waals surface area contributed by atoms with Gasteiger partial charge in [0.15, 0.2) is 0 Å². The van der Waals surface area contributed by atoms with E-state index in [1.165, 1.54) is 24.3 Å². The highest BCUT2D eigenvalue weighted by Crippen LogP contribution is 2.15. The summed E-state index contributed by atoms with van der Waals surface area (Å²) in [6.07, 6.45) is 1.85. The standard InChI is InChI=1S/C15H23NO4S/c1-4-13(5-2)11(3)16-21(19,20)10-12-6-8-14(9-7-12)15(17)18/h6-9,11,13,16H,4-5,10H2,1-3H3,(H,17,18). The van der Waals surface area contributed by atoms with E-state index < -0.39 is 16.0 Å². The summed E-state index contributed by atoms with van der Waals surface area (Å²) in [6.45, 7) is 5.97. The maximum atomic E-state index is 12.1. The molecule has 1 aromatic carbocycles. The molecular weight excluding hydrogens is 290 g/mol. The van der Waals surface area contributed by atoms with Crippen LogP contribution in [0.2, 0.25) is 0 Å². The lowest BCUT2D eigenvalue weighted by Crippen LogP contribution is -2.38. The Bertz CT molecular complexity index is 562. The van der Waals surface area contributed by atoms with Crippen LogP contribution in [0.3, 0.4) is 0 Å². The zero-order chi connectivity index (χ0) is 16.0. The zero-order valence-corrected chi connectivity index (χ0v) is 13.5. The highest BCUT2D eigenvalue weighted by molar-refractivity contribution is 7.88. The van der Waals surface area contributed by atoms with E-state index in [4.69, 9.17) is 5.11 Å². The van der Waals surface area contributed by atoms with Crippen LogP contribution < -0.4 is 4.72 Å². The smallest absolute Gasteiger partial charge is 0.335 e. The van der Waals surface area contributed by atoms with Gasteiger partial charge in [0, 0.05) is 6.04 Å². The highest BCUT2D eigenvalue weighted by atomic mass is 32.2. The lowest BCUT2D eigenvalue weighted by molar-refractivity contribution is 0.0697. The van der Waals surface area contributed by atoms with Crippen LogP contribution in [-0.4, -0.2) is 25.5 Å². The van der Waals surface area contributed by atoms with Gasteiger partial charge in [-0.15, -0.1) is 0 Å². The molecular formula is C15H23NO4S. The molecule has 0 spiro atoms. The van der Waals surface area contributed by atoms with Crippen molar-refractivity contribution in [3.05, 3.63) is 35.4 Å². The largest absolute Gasteiger partial charge is 0.478 e. The SMILES string of the molecule is CCC(CC)C(C)NS(=O)(=O)Cc1ccc(C(=O)O)cc1. The number of aromatic carboxylic acids is 1. The molecule has 1 atom stereocenters. The fourth-order valence-corrected chi connectivity index (χ4v) is 3.85. The van der Waals surface area contributed by atoms with Crippen molar-refractivity contribution in [1.82, 2.24) is 4.72 Å². The number of carbonyl (C=O) groups is 1. The minimum absolute atomic E-state index is 0.108. The molecule has 1 unspecified atom stereocenters. The summed E-state index contributed by atoms with van der Waals surface area (Å²) in [4.78, 5) is 10.8. The van der Waals surface area contributed by atoms with Gasteiger partial charge in [0.1, 0.15) is 0 Å². The van der Waals surface area contributed by atoms with Crippen LogP contribution in [0.1, 0.15) is 49.5 Å². The summed E-state index contributed by atoms with van der Waals surface area (Å²) in [5.41, 5.74) is 0.721. The average molecular weight is 313 g/mol. The van der Waals surface area contributed by atoms with Gasteiger partial charge in [0.2, 0.25) is 10.0 Å². The predicted octanol–water partition coefficient (Wildman–Crippen LogP) is 2.63. The Morgan fingerprint density at radius 1 is 1.19 bits per heavy atom. The van der Waals surface area contributed by atoms with Gasteiger partial charge in [-0.25, -0.2) is 17.9 Å². The van der Waals surface area contributed by atoms with Crippen molar-refractivity contribution in [2.24, 2.45) is 5.92 Å². The maximum Gasteiger partial charge on any atom is 0.335 e. The second kappa shape index (κ2) is 7.56. The second-order valence-electron chi connectivity index (χ2n) is 5.24. The molecule has 0 saturated carbocycles. The first-order valence-corrected chi connectivity index (χ1v) is 8.76. The molecule has 118 valence electrons. The zero-order valence-electron chi connectivity index (χ0n) is 12.7. The summed E-state index contributed by atoms with van der Waals surface area (Å²) in [5, 5.41) is 8.81. The topological polar surface area (TPSA) is 83.5 Å². The summed E-state index contributed by atoms with van der Waals surface area (Å²) in [5.74, 6) is -0.851. The Labute approximate surface area is 126 Å². The number of carboxylic acids is 1. The molecule has 0 bridgehead atoms. The molecule has 0 aliphatic rings. The van der Waals surface area contributed by atoms with Gasteiger partial charge in [-0.3, -0.25) is 0 Å². The van der Waals surface area contributed by atoms with Crippen LogP contribution in [0.25, 0.3) is 0 Å². The third kappa shape index (κ3) is 5.47. The summed E-state index contributed by atoms with van der Waals surface area (Å²) >= 11 is 0. The third-order valence-electron chi connectivity index (χ3n) is 3.68. The van der Waals surface area contributed by atoms with E-state index in [0.717, 1.165) is 12.8 Å². The Morgan fingerprint density at radius 2 is 1.71 bits per heavy atom. The van der Waals surface area contributed by atoms with Gasteiger partial charge in [0.25, 0.3) is 0 Å². The predicted molar refractivity (Wildman–Crippen MR) is 82.7 cm³/mol. The Kier molecular flexibility index (Phi) is 6.36. The molecule has 0 heterocycles. The van der Waals surface area contributed by atoms with Crippen LogP contribution in [0.15, 0.2) is 24.3 Å². The van der Waals surface area contributed by atoms with E-state index >= 15 is 0 Å². The first-order valence-electron chi connectivity index (χ1n) is 7.11. The minimum Gasteiger partial charge on any atom is -0.478 e. The number of hydrogen-bond donors (Lipinski definition) is 2. The Balaban J connectivity index is 2.74. The maximum absolute atomic E-state index is 12.1. The molecule has 0 aliphatic carbocycles. The molecule has 5 nitrogen and oxygen atoms in total. The quantitative estimate of drug-likeness (QED) is 0.773. The highest BCUT2D eigenvalue weighted by Gasteiger charge is 2.20. The van der Waals surface area contributed by atoms with Crippen LogP contribution in [-0.2, 0) is 15.8 Å². The molecule has 0 saturated heterocycles. The number of benzene rings is 1. The number of hydrogen-bond acceptors (Lipinski definition) is 3. The van der Waals surface area contributed by atoms with Crippen LogP contribution >= 0.6 is 0 Å². The number of sulfonamides is 1. The number of nitrogens with one attached hydrogen (secondary N) is 1. The van der Waals surface area contributed by atoms with Crippen molar-refractivity contribution in [1.29, 1.82) is 0 Å². The van der Waals surface area contributed by atoms with E-state index in [-0.39, 0.29) is 17.4 Å². The molecule has 1 rings (SSSR count).